The Morgan fingerprint density at radius 3 is 2.94 bits per heavy atom. The molecule has 0 aliphatic heterocycles. The van der Waals surface area contributed by atoms with Crippen LogP contribution < -0.4 is 0 Å². The van der Waals surface area contributed by atoms with Crippen molar-refractivity contribution in [2.45, 2.75) is 19.3 Å². The first-order valence-corrected chi connectivity index (χ1v) is 6.45. The van der Waals surface area contributed by atoms with Gasteiger partial charge in [-0.2, -0.15) is 5.10 Å². The summed E-state index contributed by atoms with van der Waals surface area (Å²) in [5.41, 5.74) is 3.39. The van der Waals surface area contributed by atoms with Crippen molar-refractivity contribution >= 4 is 27.5 Å². The first kappa shape index (κ1) is 10.4. The van der Waals surface area contributed by atoms with Gasteiger partial charge in [0.1, 0.15) is 5.15 Å². The molecule has 2 nitrogen and oxygen atoms in total. The van der Waals surface area contributed by atoms with Crippen LogP contribution in [-0.2, 0) is 12.8 Å². The highest BCUT2D eigenvalue weighted by Crippen LogP contribution is 2.30. The summed E-state index contributed by atoms with van der Waals surface area (Å²) < 4.78 is 2.87. The standard InChI is InChI=1S/C12H10BrClN2/c13-8-3-1-4-9(7-8)16-12(14)10-5-2-6-11(10)15-16/h1,3-4,7H,2,5-6H2. The van der Waals surface area contributed by atoms with E-state index >= 15 is 0 Å². The van der Waals surface area contributed by atoms with Gasteiger partial charge in [0.05, 0.1) is 11.4 Å². The van der Waals surface area contributed by atoms with Crippen LogP contribution in [0.25, 0.3) is 5.69 Å². The highest BCUT2D eigenvalue weighted by atomic mass is 79.9. The molecular formula is C12H10BrClN2. The number of aryl methyl sites for hydroxylation is 1. The Morgan fingerprint density at radius 2 is 2.19 bits per heavy atom. The van der Waals surface area contributed by atoms with E-state index in [4.69, 9.17) is 11.6 Å². The van der Waals surface area contributed by atoms with Crippen LogP contribution in [-0.4, -0.2) is 9.78 Å². The Balaban J connectivity index is 2.14. The second-order valence-corrected chi connectivity index (χ2v) is 5.23. The van der Waals surface area contributed by atoms with E-state index in [-0.39, 0.29) is 0 Å². The Kier molecular flexibility index (Phi) is 2.52. The molecule has 1 aromatic carbocycles. The van der Waals surface area contributed by atoms with Crippen LogP contribution in [0.5, 0.6) is 0 Å². The van der Waals surface area contributed by atoms with Crippen molar-refractivity contribution in [2.24, 2.45) is 0 Å². The Hall–Kier alpha value is -0.800. The van der Waals surface area contributed by atoms with Crippen molar-refractivity contribution in [1.29, 1.82) is 0 Å². The second-order valence-electron chi connectivity index (χ2n) is 3.96. The van der Waals surface area contributed by atoms with Gasteiger partial charge in [-0.05, 0) is 37.5 Å². The quantitative estimate of drug-likeness (QED) is 0.783. The maximum atomic E-state index is 6.34. The third-order valence-corrected chi connectivity index (χ3v) is 3.78. The number of hydrogen-bond donors (Lipinski definition) is 0. The first-order valence-electron chi connectivity index (χ1n) is 5.28. The van der Waals surface area contributed by atoms with Crippen molar-refractivity contribution in [3.8, 4) is 5.69 Å². The number of benzene rings is 1. The Morgan fingerprint density at radius 1 is 1.31 bits per heavy atom. The molecule has 3 rings (SSSR count). The van der Waals surface area contributed by atoms with Crippen LogP contribution in [0.3, 0.4) is 0 Å². The molecule has 0 atom stereocenters. The third-order valence-electron chi connectivity index (χ3n) is 2.90. The summed E-state index contributed by atoms with van der Waals surface area (Å²) in [6, 6.07) is 8.02. The molecule has 1 heterocycles. The molecule has 16 heavy (non-hydrogen) atoms. The van der Waals surface area contributed by atoms with E-state index in [9.17, 15) is 0 Å². The topological polar surface area (TPSA) is 17.8 Å². The molecule has 1 aliphatic carbocycles. The minimum Gasteiger partial charge on any atom is -0.222 e. The van der Waals surface area contributed by atoms with Crippen LogP contribution in [0.2, 0.25) is 5.15 Å². The van der Waals surface area contributed by atoms with Gasteiger partial charge in [0.2, 0.25) is 0 Å². The molecule has 1 aliphatic rings. The summed E-state index contributed by atoms with van der Waals surface area (Å²) in [5.74, 6) is 0. The van der Waals surface area contributed by atoms with Gasteiger partial charge in [-0.1, -0.05) is 33.6 Å². The molecule has 0 N–H and O–H groups in total. The molecule has 4 heteroatoms. The van der Waals surface area contributed by atoms with Crippen LogP contribution in [0, 0.1) is 0 Å². The largest absolute Gasteiger partial charge is 0.222 e. The summed E-state index contributed by atoms with van der Waals surface area (Å²) >= 11 is 9.80. The van der Waals surface area contributed by atoms with Gasteiger partial charge in [-0.15, -0.1) is 0 Å². The minimum atomic E-state index is 0.769. The highest BCUT2D eigenvalue weighted by Gasteiger charge is 2.21. The summed E-state index contributed by atoms with van der Waals surface area (Å²) in [5, 5.41) is 5.33. The molecule has 0 saturated carbocycles. The van der Waals surface area contributed by atoms with E-state index < -0.39 is 0 Å². The van der Waals surface area contributed by atoms with Crippen LogP contribution >= 0.6 is 27.5 Å². The van der Waals surface area contributed by atoms with Gasteiger partial charge in [0.15, 0.2) is 0 Å². The number of halogens is 2. The van der Waals surface area contributed by atoms with Crippen LogP contribution in [0.1, 0.15) is 17.7 Å². The third kappa shape index (κ3) is 1.59. The maximum absolute atomic E-state index is 6.34. The Bertz CT molecular complexity index is 548. The fourth-order valence-corrected chi connectivity index (χ4v) is 2.86. The number of fused-ring (bicyclic) bond motifs is 1. The fraction of sp³-hybridized carbons (Fsp3) is 0.250. The summed E-state index contributed by atoms with van der Waals surface area (Å²) in [6.45, 7) is 0. The molecule has 0 spiro atoms. The predicted molar refractivity (Wildman–Crippen MR) is 68.3 cm³/mol. The molecule has 0 amide bonds. The minimum absolute atomic E-state index is 0.769. The second kappa shape index (κ2) is 3.90. The molecule has 0 unspecified atom stereocenters. The van der Waals surface area contributed by atoms with Crippen LogP contribution in [0.4, 0.5) is 0 Å². The monoisotopic (exact) mass is 296 g/mol. The van der Waals surface area contributed by atoms with Crippen molar-refractivity contribution in [3.63, 3.8) is 0 Å². The molecule has 0 saturated heterocycles. The van der Waals surface area contributed by atoms with E-state index in [1.807, 2.05) is 28.9 Å². The van der Waals surface area contributed by atoms with E-state index in [0.29, 0.717) is 0 Å². The molecule has 82 valence electrons. The van der Waals surface area contributed by atoms with Gasteiger partial charge >= 0.3 is 0 Å². The average molecular weight is 298 g/mol. The predicted octanol–water partition coefficient (Wildman–Crippen LogP) is 3.78. The Labute approximate surface area is 107 Å². The van der Waals surface area contributed by atoms with Crippen LogP contribution in [0.15, 0.2) is 28.7 Å². The number of rotatable bonds is 1. The van der Waals surface area contributed by atoms with Crippen molar-refractivity contribution < 1.29 is 0 Å². The lowest BCUT2D eigenvalue weighted by atomic mass is 10.3. The summed E-state index contributed by atoms with van der Waals surface area (Å²) in [7, 11) is 0. The van der Waals surface area contributed by atoms with Gasteiger partial charge < -0.3 is 0 Å². The molecule has 0 radical (unpaired) electrons. The van der Waals surface area contributed by atoms with Gasteiger partial charge in [0, 0.05) is 10.0 Å². The SMILES string of the molecule is Clc1c2c(nn1-c1cccc(Br)c1)CCC2. The molecule has 0 bridgehead atoms. The lowest BCUT2D eigenvalue weighted by Crippen LogP contribution is -1.98. The molecular weight excluding hydrogens is 288 g/mol. The molecule has 0 fully saturated rings. The summed E-state index contributed by atoms with van der Waals surface area (Å²) in [4.78, 5) is 0. The van der Waals surface area contributed by atoms with Crippen molar-refractivity contribution in [3.05, 3.63) is 45.1 Å². The van der Waals surface area contributed by atoms with E-state index in [0.717, 1.165) is 33.8 Å². The highest BCUT2D eigenvalue weighted by molar-refractivity contribution is 9.10. The zero-order chi connectivity index (χ0) is 11.1. The molecule has 2 aromatic rings. The van der Waals surface area contributed by atoms with Gasteiger partial charge in [-0.3, -0.25) is 0 Å². The zero-order valence-electron chi connectivity index (χ0n) is 8.58. The molecule has 1 aromatic heterocycles. The van der Waals surface area contributed by atoms with E-state index in [2.05, 4.69) is 21.0 Å². The van der Waals surface area contributed by atoms with Gasteiger partial charge in [-0.25, -0.2) is 4.68 Å². The van der Waals surface area contributed by atoms with Gasteiger partial charge in [0.25, 0.3) is 0 Å². The first-order chi connectivity index (χ1) is 7.75. The maximum Gasteiger partial charge on any atom is 0.136 e. The van der Waals surface area contributed by atoms with E-state index in [1.165, 1.54) is 12.0 Å². The summed E-state index contributed by atoms with van der Waals surface area (Å²) in [6.07, 6.45) is 3.29. The van der Waals surface area contributed by atoms with Crippen molar-refractivity contribution in [2.75, 3.05) is 0 Å². The van der Waals surface area contributed by atoms with E-state index in [1.54, 1.807) is 0 Å². The number of hydrogen-bond acceptors (Lipinski definition) is 1. The average Bonchev–Trinajstić information content (AvgIpc) is 2.82. The lowest BCUT2D eigenvalue weighted by Gasteiger charge is -2.04. The number of nitrogens with zero attached hydrogens (tertiary/aromatic N) is 2. The normalized spacial score (nSPS) is 14.1. The lowest BCUT2D eigenvalue weighted by molar-refractivity contribution is 0.801. The zero-order valence-corrected chi connectivity index (χ0v) is 10.9. The van der Waals surface area contributed by atoms with Crippen molar-refractivity contribution in [1.82, 2.24) is 9.78 Å². The fourth-order valence-electron chi connectivity index (χ4n) is 2.13. The number of aromatic nitrogens is 2. The smallest absolute Gasteiger partial charge is 0.136 e.